The molecule has 1 fully saturated rings. The molecule has 0 N–H and O–H groups in total. The van der Waals surface area contributed by atoms with E-state index in [1.165, 1.54) is 5.56 Å². The van der Waals surface area contributed by atoms with Gasteiger partial charge in [-0.1, -0.05) is 0 Å². The average molecular weight is 284 g/mol. The Morgan fingerprint density at radius 3 is 2.62 bits per heavy atom. The summed E-state index contributed by atoms with van der Waals surface area (Å²) in [6, 6.07) is 6.00. The number of carbonyl (C=O) groups is 1. The van der Waals surface area contributed by atoms with Crippen LogP contribution in [-0.2, 0) is 17.8 Å². The summed E-state index contributed by atoms with van der Waals surface area (Å²) in [5.74, 6) is 0.835. The Kier molecular flexibility index (Phi) is 4.28. The van der Waals surface area contributed by atoms with Gasteiger partial charge in [0, 0.05) is 37.9 Å². The summed E-state index contributed by atoms with van der Waals surface area (Å²) in [6.45, 7) is 2.06. The number of hydrogen-bond acceptors (Lipinski definition) is 3. The minimum Gasteiger partial charge on any atom is -0.341 e. The molecule has 1 aliphatic heterocycles. The highest BCUT2D eigenvalue weighted by atomic mass is 16.2. The molecule has 1 aliphatic rings. The van der Waals surface area contributed by atoms with Crippen LogP contribution in [0, 0.1) is 5.92 Å². The summed E-state index contributed by atoms with van der Waals surface area (Å²) >= 11 is 0. The summed E-state index contributed by atoms with van der Waals surface area (Å²) in [7, 11) is 0. The Hall–Kier alpha value is -2.17. The first-order valence-corrected chi connectivity index (χ1v) is 7.45. The molecule has 0 bridgehead atoms. The van der Waals surface area contributed by atoms with E-state index in [0.29, 0.717) is 12.5 Å². The molecule has 5 nitrogen and oxygen atoms in total. The van der Waals surface area contributed by atoms with Crippen LogP contribution in [0.15, 0.2) is 43.0 Å². The van der Waals surface area contributed by atoms with E-state index in [1.54, 1.807) is 10.9 Å². The maximum absolute atomic E-state index is 12.2. The van der Waals surface area contributed by atoms with E-state index < -0.39 is 0 Å². The third-order valence-corrected chi connectivity index (χ3v) is 4.10. The van der Waals surface area contributed by atoms with Gasteiger partial charge in [0.15, 0.2) is 0 Å². The van der Waals surface area contributed by atoms with Crippen LogP contribution in [0.3, 0.4) is 0 Å². The summed E-state index contributed by atoms with van der Waals surface area (Å²) < 4.78 is 1.69. The van der Waals surface area contributed by atoms with Crippen LogP contribution in [-0.4, -0.2) is 38.7 Å². The minimum absolute atomic E-state index is 0.168. The Bertz CT molecular complexity index is 559. The zero-order valence-corrected chi connectivity index (χ0v) is 12.1. The number of hydrogen-bond donors (Lipinski definition) is 0. The Morgan fingerprint density at radius 1 is 1.19 bits per heavy atom. The third-order valence-electron chi connectivity index (χ3n) is 4.10. The van der Waals surface area contributed by atoms with E-state index >= 15 is 0 Å². The summed E-state index contributed by atoms with van der Waals surface area (Å²) in [5, 5.41) is 4.09. The number of piperidine rings is 1. The number of rotatable bonds is 4. The molecule has 0 aromatic carbocycles. The molecule has 0 spiro atoms. The molecule has 2 aromatic rings. The van der Waals surface area contributed by atoms with Crippen LogP contribution in [0.5, 0.6) is 0 Å². The lowest BCUT2D eigenvalue weighted by molar-refractivity contribution is -0.133. The molecule has 110 valence electrons. The lowest BCUT2D eigenvalue weighted by Gasteiger charge is -2.32. The molecule has 0 saturated carbocycles. The predicted octanol–water partition coefficient (Wildman–Crippen LogP) is 1.76. The van der Waals surface area contributed by atoms with Crippen molar-refractivity contribution in [1.82, 2.24) is 19.7 Å². The molecule has 0 aliphatic carbocycles. The Labute approximate surface area is 124 Å². The van der Waals surface area contributed by atoms with Gasteiger partial charge in [0.25, 0.3) is 0 Å². The molecule has 1 amide bonds. The van der Waals surface area contributed by atoms with Gasteiger partial charge in [-0.25, -0.2) is 0 Å². The lowest BCUT2D eigenvalue weighted by Crippen LogP contribution is -2.40. The van der Waals surface area contributed by atoms with Crippen molar-refractivity contribution in [2.75, 3.05) is 13.1 Å². The summed E-state index contributed by atoms with van der Waals surface area (Å²) in [5.41, 5.74) is 1.34. The molecule has 2 aromatic heterocycles. The average Bonchev–Trinajstić information content (AvgIpc) is 3.02. The number of aromatic nitrogens is 3. The first-order valence-electron chi connectivity index (χ1n) is 7.45. The number of likely N-dealkylation sites (tertiary alicyclic amines) is 1. The largest absolute Gasteiger partial charge is 0.341 e. The predicted molar refractivity (Wildman–Crippen MR) is 79.5 cm³/mol. The van der Waals surface area contributed by atoms with Crippen LogP contribution in [0.2, 0.25) is 0 Å². The fourth-order valence-electron chi connectivity index (χ4n) is 2.87. The highest BCUT2D eigenvalue weighted by Gasteiger charge is 2.23. The van der Waals surface area contributed by atoms with Crippen molar-refractivity contribution in [2.24, 2.45) is 5.92 Å². The van der Waals surface area contributed by atoms with Gasteiger partial charge in [-0.2, -0.15) is 5.10 Å². The van der Waals surface area contributed by atoms with Crippen LogP contribution in [0.25, 0.3) is 0 Å². The second-order valence-corrected chi connectivity index (χ2v) is 5.59. The zero-order chi connectivity index (χ0) is 14.5. The number of amides is 1. The maximum Gasteiger partial charge on any atom is 0.244 e. The SMILES string of the molecule is O=C(Cn1cccn1)N1CCC(Cc2ccncc2)CC1. The molecule has 5 heteroatoms. The molecule has 0 atom stereocenters. The van der Waals surface area contributed by atoms with Gasteiger partial charge in [-0.15, -0.1) is 0 Å². The van der Waals surface area contributed by atoms with Crippen molar-refractivity contribution in [2.45, 2.75) is 25.8 Å². The molecule has 1 saturated heterocycles. The zero-order valence-electron chi connectivity index (χ0n) is 12.1. The molecular weight excluding hydrogens is 264 g/mol. The van der Waals surface area contributed by atoms with Crippen molar-refractivity contribution in [3.63, 3.8) is 0 Å². The van der Waals surface area contributed by atoms with E-state index in [-0.39, 0.29) is 5.91 Å². The molecule has 3 rings (SSSR count). The minimum atomic E-state index is 0.168. The molecular formula is C16H20N4O. The van der Waals surface area contributed by atoms with Gasteiger partial charge in [-0.05, 0) is 48.9 Å². The Morgan fingerprint density at radius 2 is 1.95 bits per heavy atom. The molecule has 0 radical (unpaired) electrons. The van der Waals surface area contributed by atoms with E-state index in [4.69, 9.17) is 0 Å². The maximum atomic E-state index is 12.2. The molecule has 21 heavy (non-hydrogen) atoms. The van der Waals surface area contributed by atoms with Crippen molar-refractivity contribution < 1.29 is 4.79 Å². The number of carbonyl (C=O) groups excluding carboxylic acids is 1. The number of pyridine rings is 1. The second kappa shape index (κ2) is 6.52. The molecule has 0 unspecified atom stereocenters. The first-order chi connectivity index (χ1) is 10.3. The standard InChI is InChI=1S/C16H20N4O/c21-16(13-20-9-1-6-18-20)19-10-4-15(5-11-19)12-14-2-7-17-8-3-14/h1-3,6-9,15H,4-5,10-13H2. The summed E-state index contributed by atoms with van der Waals surface area (Å²) in [4.78, 5) is 18.2. The number of nitrogens with zero attached hydrogens (tertiary/aromatic N) is 4. The second-order valence-electron chi connectivity index (χ2n) is 5.59. The normalized spacial score (nSPS) is 16.1. The smallest absolute Gasteiger partial charge is 0.244 e. The van der Waals surface area contributed by atoms with Crippen molar-refractivity contribution in [1.29, 1.82) is 0 Å². The van der Waals surface area contributed by atoms with Crippen LogP contribution < -0.4 is 0 Å². The van der Waals surface area contributed by atoms with Crippen molar-refractivity contribution in [3.8, 4) is 0 Å². The van der Waals surface area contributed by atoms with Crippen LogP contribution >= 0.6 is 0 Å². The van der Waals surface area contributed by atoms with Crippen LogP contribution in [0.4, 0.5) is 0 Å². The fraction of sp³-hybridized carbons (Fsp3) is 0.438. The molecule has 3 heterocycles. The van der Waals surface area contributed by atoms with E-state index in [9.17, 15) is 4.79 Å². The van der Waals surface area contributed by atoms with Gasteiger partial charge in [0.1, 0.15) is 6.54 Å². The van der Waals surface area contributed by atoms with Crippen molar-refractivity contribution in [3.05, 3.63) is 48.5 Å². The van der Waals surface area contributed by atoms with E-state index in [1.807, 2.05) is 29.6 Å². The quantitative estimate of drug-likeness (QED) is 0.859. The lowest BCUT2D eigenvalue weighted by atomic mass is 9.90. The van der Waals surface area contributed by atoms with Crippen molar-refractivity contribution >= 4 is 5.91 Å². The Balaban J connectivity index is 1.47. The highest BCUT2D eigenvalue weighted by molar-refractivity contribution is 5.75. The fourth-order valence-corrected chi connectivity index (χ4v) is 2.87. The first kappa shape index (κ1) is 13.8. The monoisotopic (exact) mass is 284 g/mol. The van der Waals surface area contributed by atoms with E-state index in [2.05, 4.69) is 22.2 Å². The van der Waals surface area contributed by atoms with E-state index in [0.717, 1.165) is 32.4 Å². The van der Waals surface area contributed by atoms with Crippen LogP contribution in [0.1, 0.15) is 18.4 Å². The van der Waals surface area contributed by atoms with Gasteiger partial charge < -0.3 is 4.90 Å². The van der Waals surface area contributed by atoms with Gasteiger partial charge in [0.2, 0.25) is 5.91 Å². The summed E-state index contributed by atoms with van der Waals surface area (Å²) in [6.07, 6.45) is 10.5. The third kappa shape index (κ3) is 3.68. The van der Waals surface area contributed by atoms with Gasteiger partial charge >= 0.3 is 0 Å². The highest BCUT2D eigenvalue weighted by Crippen LogP contribution is 2.21. The topological polar surface area (TPSA) is 51.0 Å². The van der Waals surface area contributed by atoms with Gasteiger partial charge in [-0.3, -0.25) is 14.5 Å². The van der Waals surface area contributed by atoms with Gasteiger partial charge in [0.05, 0.1) is 0 Å².